The molecule has 82 valence electrons. The Bertz CT molecular complexity index is 171. The molecule has 1 saturated carbocycles. The quantitative estimate of drug-likeness (QED) is 0.737. The van der Waals surface area contributed by atoms with E-state index in [9.17, 15) is 4.79 Å². The van der Waals surface area contributed by atoms with Crippen LogP contribution in [0.4, 0.5) is 0 Å². The lowest BCUT2D eigenvalue weighted by molar-refractivity contribution is -0.120. The zero-order chi connectivity index (χ0) is 10.4. The van der Waals surface area contributed by atoms with Gasteiger partial charge in [0, 0.05) is 13.5 Å². The normalized spacial score (nSPS) is 27.3. The Morgan fingerprint density at radius 3 is 2.29 bits per heavy atom. The molecular formula is C12H23NO. The summed E-state index contributed by atoms with van der Waals surface area (Å²) in [6.45, 7) is 2.29. The van der Waals surface area contributed by atoms with Crippen molar-refractivity contribution in [3.8, 4) is 0 Å². The van der Waals surface area contributed by atoms with Gasteiger partial charge in [0.2, 0.25) is 5.91 Å². The molecule has 1 aliphatic carbocycles. The van der Waals surface area contributed by atoms with E-state index in [0.717, 1.165) is 24.7 Å². The highest BCUT2D eigenvalue weighted by atomic mass is 16.1. The van der Waals surface area contributed by atoms with Gasteiger partial charge in [-0.15, -0.1) is 0 Å². The molecule has 0 atom stereocenters. The molecule has 0 radical (unpaired) electrons. The summed E-state index contributed by atoms with van der Waals surface area (Å²) in [5.41, 5.74) is 0. The average molecular weight is 197 g/mol. The van der Waals surface area contributed by atoms with Crippen molar-refractivity contribution in [2.75, 3.05) is 7.05 Å². The first-order valence-corrected chi connectivity index (χ1v) is 5.96. The van der Waals surface area contributed by atoms with Crippen LogP contribution in [0.3, 0.4) is 0 Å². The largest absolute Gasteiger partial charge is 0.359 e. The maximum atomic E-state index is 11.1. The van der Waals surface area contributed by atoms with Crippen molar-refractivity contribution in [1.82, 2.24) is 5.32 Å². The number of carbonyl (C=O) groups excluding carboxylic acids is 1. The first-order chi connectivity index (χ1) is 6.76. The summed E-state index contributed by atoms with van der Waals surface area (Å²) >= 11 is 0. The standard InChI is InChI=1S/C12H23NO/c1-3-10-4-6-11(7-5-10)8-9-12(14)13-2/h10-11H,3-9H2,1-2H3,(H,13,14). The van der Waals surface area contributed by atoms with E-state index in [1.807, 2.05) is 0 Å². The van der Waals surface area contributed by atoms with Crippen molar-refractivity contribution in [3.05, 3.63) is 0 Å². The van der Waals surface area contributed by atoms with Crippen LogP contribution in [0.5, 0.6) is 0 Å². The van der Waals surface area contributed by atoms with Gasteiger partial charge >= 0.3 is 0 Å². The molecular weight excluding hydrogens is 174 g/mol. The molecule has 0 heterocycles. The zero-order valence-corrected chi connectivity index (χ0v) is 9.51. The van der Waals surface area contributed by atoms with Gasteiger partial charge in [0.25, 0.3) is 0 Å². The van der Waals surface area contributed by atoms with Crippen molar-refractivity contribution < 1.29 is 4.79 Å². The lowest BCUT2D eigenvalue weighted by Crippen LogP contribution is -2.20. The van der Waals surface area contributed by atoms with E-state index in [4.69, 9.17) is 0 Å². The van der Waals surface area contributed by atoms with Gasteiger partial charge in [0.1, 0.15) is 0 Å². The van der Waals surface area contributed by atoms with Crippen LogP contribution >= 0.6 is 0 Å². The van der Waals surface area contributed by atoms with Crippen LogP contribution in [0.25, 0.3) is 0 Å². The minimum Gasteiger partial charge on any atom is -0.359 e. The van der Waals surface area contributed by atoms with Crippen LogP contribution in [-0.2, 0) is 4.79 Å². The topological polar surface area (TPSA) is 29.1 Å². The van der Waals surface area contributed by atoms with Gasteiger partial charge < -0.3 is 5.32 Å². The molecule has 0 saturated heterocycles. The van der Waals surface area contributed by atoms with E-state index in [1.165, 1.54) is 32.1 Å². The lowest BCUT2D eigenvalue weighted by atomic mass is 9.79. The highest BCUT2D eigenvalue weighted by molar-refractivity contribution is 5.75. The van der Waals surface area contributed by atoms with Gasteiger partial charge in [-0.2, -0.15) is 0 Å². The van der Waals surface area contributed by atoms with Gasteiger partial charge in [-0.25, -0.2) is 0 Å². The molecule has 1 rings (SSSR count). The highest BCUT2D eigenvalue weighted by Gasteiger charge is 2.20. The second kappa shape index (κ2) is 6.05. The van der Waals surface area contributed by atoms with Gasteiger partial charge in [-0.1, -0.05) is 39.0 Å². The van der Waals surface area contributed by atoms with Gasteiger partial charge in [0.15, 0.2) is 0 Å². The third-order valence-electron chi connectivity index (χ3n) is 3.60. The summed E-state index contributed by atoms with van der Waals surface area (Å²) in [5.74, 6) is 1.98. The summed E-state index contributed by atoms with van der Waals surface area (Å²) in [5, 5.41) is 2.69. The molecule has 1 amide bonds. The summed E-state index contributed by atoms with van der Waals surface area (Å²) in [6, 6.07) is 0. The highest BCUT2D eigenvalue weighted by Crippen LogP contribution is 2.32. The smallest absolute Gasteiger partial charge is 0.219 e. The molecule has 0 aliphatic heterocycles. The molecule has 0 bridgehead atoms. The van der Waals surface area contributed by atoms with E-state index in [-0.39, 0.29) is 5.91 Å². The number of nitrogens with one attached hydrogen (secondary N) is 1. The van der Waals surface area contributed by atoms with Crippen molar-refractivity contribution in [1.29, 1.82) is 0 Å². The SMILES string of the molecule is CCC1CCC(CCC(=O)NC)CC1. The fourth-order valence-corrected chi connectivity index (χ4v) is 2.39. The van der Waals surface area contributed by atoms with Crippen LogP contribution in [-0.4, -0.2) is 13.0 Å². The molecule has 14 heavy (non-hydrogen) atoms. The predicted molar refractivity (Wildman–Crippen MR) is 59.0 cm³/mol. The Kier molecular flexibility index (Phi) is 4.99. The molecule has 1 fully saturated rings. The molecule has 0 unspecified atom stereocenters. The molecule has 2 heteroatoms. The molecule has 0 aromatic heterocycles. The predicted octanol–water partition coefficient (Wildman–Crippen LogP) is 2.73. The van der Waals surface area contributed by atoms with Crippen LogP contribution < -0.4 is 5.32 Å². The number of amides is 1. The fourth-order valence-electron chi connectivity index (χ4n) is 2.39. The van der Waals surface area contributed by atoms with Crippen molar-refractivity contribution in [2.24, 2.45) is 11.8 Å². The Morgan fingerprint density at radius 1 is 1.21 bits per heavy atom. The van der Waals surface area contributed by atoms with E-state index in [1.54, 1.807) is 7.05 Å². The van der Waals surface area contributed by atoms with Crippen LogP contribution in [0, 0.1) is 11.8 Å². The van der Waals surface area contributed by atoms with Gasteiger partial charge in [0.05, 0.1) is 0 Å². The Labute approximate surface area is 87.5 Å². The van der Waals surface area contributed by atoms with E-state index in [0.29, 0.717) is 0 Å². The lowest BCUT2D eigenvalue weighted by Gasteiger charge is -2.27. The van der Waals surface area contributed by atoms with E-state index >= 15 is 0 Å². The first-order valence-electron chi connectivity index (χ1n) is 5.96. The Hall–Kier alpha value is -0.530. The minimum atomic E-state index is 0.197. The minimum absolute atomic E-state index is 0.197. The summed E-state index contributed by atoms with van der Waals surface area (Å²) in [6.07, 6.45) is 8.60. The van der Waals surface area contributed by atoms with Gasteiger partial charge in [-0.3, -0.25) is 4.79 Å². The maximum Gasteiger partial charge on any atom is 0.219 e. The molecule has 2 nitrogen and oxygen atoms in total. The number of carbonyl (C=O) groups is 1. The third kappa shape index (κ3) is 3.69. The van der Waals surface area contributed by atoms with Crippen molar-refractivity contribution >= 4 is 5.91 Å². The number of hydrogen-bond acceptors (Lipinski definition) is 1. The Morgan fingerprint density at radius 2 is 1.79 bits per heavy atom. The second-order valence-electron chi connectivity index (χ2n) is 4.51. The van der Waals surface area contributed by atoms with Crippen molar-refractivity contribution in [2.45, 2.75) is 51.9 Å². The van der Waals surface area contributed by atoms with E-state index < -0.39 is 0 Å². The molecule has 0 spiro atoms. The second-order valence-corrected chi connectivity index (χ2v) is 4.51. The van der Waals surface area contributed by atoms with Gasteiger partial charge in [-0.05, 0) is 18.3 Å². The molecule has 0 aromatic carbocycles. The fraction of sp³-hybridized carbons (Fsp3) is 0.917. The maximum absolute atomic E-state index is 11.1. The first kappa shape index (κ1) is 11.5. The molecule has 0 aromatic rings. The number of hydrogen-bond donors (Lipinski definition) is 1. The van der Waals surface area contributed by atoms with Crippen LogP contribution in [0.15, 0.2) is 0 Å². The summed E-state index contributed by atoms with van der Waals surface area (Å²) < 4.78 is 0. The van der Waals surface area contributed by atoms with Crippen LogP contribution in [0.1, 0.15) is 51.9 Å². The monoisotopic (exact) mass is 197 g/mol. The Balaban J connectivity index is 2.13. The third-order valence-corrected chi connectivity index (χ3v) is 3.60. The number of rotatable bonds is 4. The summed E-state index contributed by atoms with van der Waals surface area (Å²) in [7, 11) is 1.72. The van der Waals surface area contributed by atoms with Crippen LogP contribution in [0.2, 0.25) is 0 Å². The van der Waals surface area contributed by atoms with Crippen molar-refractivity contribution in [3.63, 3.8) is 0 Å². The molecule has 1 aliphatic rings. The molecule has 1 N–H and O–H groups in total. The average Bonchev–Trinajstić information content (AvgIpc) is 2.26. The van der Waals surface area contributed by atoms with E-state index in [2.05, 4.69) is 12.2 Å². The zero-order valence-electron chi connectivity index (χ0n) is 9.51. The summed E-state index contributed by atoms with van der Waals surface area (Å²) in [4.78, 5) is 11.1.